The molecule has 0 rings (SSSR count). The lowest BCUT2D eigenvalue weighted by Gasteiger charge is -2.08. The molecule has 46 heavy (non-hydrogen) atoms. The average Bonchev–Trinajstić information content (AvgIpc) is 3.05. The van der Waals surface area contributed by atoms with E-state index in [9.17, 15) is 9.59 Å². The number of aliphatic carboxylic acids is 1. The van der Waals surface area contributed by atoms with Crippen molar-refractivity contribution in [2.75, 3.05) is 85.9 Å². The van der Waals surface area contributed by atoms with Crippen LogP contribution in [0.4, 0.5) is 0 Å². The second-order valence-electron chi connectivity index (χ2n) is 11.8. The van der Waals surface area contributed by atoms with Gasteiger partial charge in [-0.05, 0) is 19.3 Å². The summed E-state index contributed by atoms with van der Waals surface area (Å²) in [7, 11) is 0. The van der Waals surface area contributed by atoms with Gasteiger partial charge in [0.1, 0.15) is 6.61 Å². The molecule has 274 valence electrons. The number of carbonyl (C=O) groups is 2. The monoisotopic (exact) mass is 662 g/mol. The van der Waals surface area contributed by atoms with Crippen LogP contribution in [0.15, 0.2) is 0 Å². The fraction of sp³-hybridized carbons (Fsp3) is 0.944. The molecule has 0 fully saturated rings. The Kier molecular flexibility index (Phi) is 38.8. The molecule has 10 heteroatoms. The normalized spacial score (nSPS) is 11.3. The summed E-state index contributed by atoms with van der Waals surface area (Å²) < 4.78 is 38.0. The maximum atomic E-state index is 11.5. The van der Waals surface area contributed by atoms with Crippen molar-refractivity contribution in [1.82, 2.24) is 0 Å². The molecule has 0 aromatic carbocycles. The molecule has 0 unspecified atom stereocenters. The summed E-state index contributed by atoms with van der Waals surface area (Å²) in [5.41, 5.74) is 0. The van der Waals surface area contributed by atoms with Crippen LogP contribution in [0, 0.1) is 0 Å². The van der Waals surface area contributed by atoms with Gasteiger partial charge in [0.15, 0.2) is 0 Å². The van der Waals surface area contributed by atoms with Crippen LogP contribution in [-0.2, 0) is 42.7 Å². The SMILES string of the molecule is CCCCCCCCCCCCCCCCCCOCCOCCOCCOCCOCCOCCOC(=O)CCCCC(=O)O. The first-order chi connectivity index (χ1) is 22.7. The molecule has 0 saturated heterocycles. The highest BCUT2D eigenvalue weighted by Crippen LogP contribution is 2.13. The minimum Gasteiger partial charge on any atom is -0.481 e. The second kappa shape index (κ2) is 39.9. The summed E-state index contributed by atoms with van der Waals surface area (Å²) in [6.07, 6.45) is 23.4. The molecule has 0 aliphatic heterocycles. The van der Waals surface area contributed by atoms with Gasteiger partial charge in [-0.15, -0.1) is 0 Å². The van der Waals surface area contributed by atoms with Crippen molar-refractivity contribution in [2.24, 2.45) is 0 Å². The minimum absolute atomic E-state index is 0.0703. The van der Waals surface area contributed by atoms with Crippen molar-refractivity contribution < 1.29 is 47.9 Å². The van der Waals surface area contributed by atoms with Crippen LogP contribution in [0.1, 0.15) is 135 Å². The van der Waals surface area contributed by atoms with Crippen LogP contribution < -0.4 is 0 Å². The van der Waals surface area contributed by atoms with E-state index in [1.807, 2.05) is 0 Å². The van der Waals surface area contributed by atoms with Crippen molar-refractivity contribution in [2.45, 2.75) is 135 Å². The molecule has 0 aliphatic rings. The van der Waals surface area contributed by atoms with E-state index < -0.39 is 5.97 Å². The molecule has 0 spiro atoms. The highest BCUT2D eigenvalue weighted by Gasteiger charge is 2.04. The zero-order valence-electron chi connectivity index (χ0n) is 29.5. The Morgan fingerprint density at radius 3 is 1.04 bits per heavy atom. The van der Waals surface area contributed by atoms with E-state index in [-0.39, 0.29) is 25.4 Å². The first-order valence-electron chi connectivity index (χ1n) is 18.5. The standard InChI is InChI=1S/C36H70O10/c1-2-3-4-5-6-7-8-9-10-11-12-13-14-15-16-19-22-40-23-24-41-25-26-42-27-28-43-29-30-44-31-32-45-33-34-46-36(39)21-18-17-20-35(37)38/h2-34H2,1H3,(H,37,38). The zero-order chi connectivity index (χ0) is 33.4. The van der Waals surface area contributed by atoms with Crippen molar-refractivity contribution in [3.63, 3.8) is 0 Å². The van der Waals surface area contributed by atoms with E-state index in [4.69, 9.17) is 38.3 Å². The van der Waals surface area contributed by atoms with Gasteiger partial charge >= 0.3 is 11.9 Å². The van der Waals surface area contributed by atoms with E-state index in [1.54, 1.807) is 0 Å². The average molecular weight is 663 g/mol. The van der Waals surface area contributed by atoms with Crippen molar-refractivity contribution >= 4 is 11.9 Å². The molecule has 0 bridgehead atoms. The highest BCUT2D eigenvalue weighted by atomic mass is 16.6. The quantitative estimate of drug-likeness (QED) is 0.0521. The van der Waals surface area contributed by atoms with E-state index in [0.29, 0.717) is 85.5 Å². The predicted octanol–water partition coefficient (Wildman–Crippen LogP) is 7.54. The third kappa shape index (κ3) is 40.7. The Morgan fingerprint density at radius 2 is 0.674 bits per heavy atom. The van der Waals surface area contributed by atoms with E-state index >= 15 is 0 Å². The number of carboxylic acids is 1. The number of unbranched alkanes of at least 4 members (excludes halogenated alkanes) is 16. The van der Waals surface area contributed by atoms with Gasteiger partial charge in [0, 0.05) is 19.4 Å². The molecule has 0 heterocycles. The van der Waals surface area contributed by atoms with Crippen molar-refractivity contribution in [3.05, 3.63) is 0 Å². The number of esters is 1. The Balaban J connectivity index is 3.09. The third-order valence-corrected chi connectivity index (χ3v) is 7.51. The summed E-state index contributed by atoms with van der Waals surface area (Å²) in [5.74, 6) is -1.19. The third-order valence-electron chi connectivity index (χ3n) is 7.51. The number of rotatable bonds is 40. The first-order valence-corrected chi connectivity index (χ1v) is 18.5. The lowest BCUT2D eigenvalue weighted by molar-refractivity contribution is -0.146. The summed E-state index contributed by atoms with van der Waals surface area (Å²) in [6, 6.07) is 0. The first kappa shape index (κ1) is 44.7. The van der Waals surface area contributed by atoms with Crippen LogP contribution in [0.3, 0.4) is 0 Å². The largest absolute Gasteiger partial charge is 0.481 e. The Morgan fingerprint density at radius 1 is 0.370 bits per heavy atom. The number of hydrogen-bond acceptors (Lipinski definition) is 9. The van der Waals surface area contributed by atoms with Crippen LogP contribution in [-0.4, -0.2) is 103 Å². The van der Waals surface area contributed by atoms with Crippen LogP contribution in [0.25, 0.3) is 0 Å². The highest BCUT2D eigenvalue weighted by molar-refractivity contribution is 5.69. The second-order valence-corrected chi connectivity index (χ2v) is 11.8. The minimum atomic E-state index is -0.853. The Hall–Kier alpha value is -1.30. The van der Waals surface area contributed by atoms with Crippen molar-refractivity contribution in [1.29, 1.82) is 0 Å². The molecule has 1 N–H and O–H groups in total. The van der Waals surface area contributed by atoms with Gasteiger partial charge in [-0.3, -0.25) is 9.59 Å². The Bertz CT molecular complexity index is 620. The van der Waals surface area contributed by atoms with E-state index in [1.165, 1.54) is 96.3 Å². The summed E-state index contributed by atoms with van der Waals surface area (Å²) >= 11 is 0. The van der Waals surface area contributed by atoms with Gasteiger partial charge in [0.05, 0.1) is 72.7 Å². The number of carbonyl (C=O) groups excluding carboxylic acids is 1. The molecule has 0 saturated carbocycles. The van der Waals surface area contributed by atoms with Gasteiger partial charge in [0.25, 0.3) is 0 Å². The Labute approximate surface area is 280 Å². The fourth-order valence-corrected chi connectivity index (χ4v) is 4.79. The van der Waals surface area contributed by atoms with Gasteiger partial charge in [0.2, 0.25) is 0 Å². The zero-order valence-corrected chi connectivity index (χ0v) is 29.5. The maximum Gasteiger partial charge on any atom is 0.305 e. The van der Waals surface area contributed by atoms with Crippen LogP contribution in [0.5, 0.6) is 0 Å². The number of ether oxygens (including phenoxy) is 7. The molecular weight excluding hydrogens is 592 g/mol. The molecule has 10 nitrogen and oxygen atoms in total. The van der Waals surface area contributed by atoms with E-state index in [0.717, 1.165) is 13.0 Å². The molecule has 0 aromatic heterocycles. The van der Waals surface area contributed by atoms with Gasteiger partial charge < -0.3 is 38.3 Å². The molecule has 0 aliphatic carbocycles. The summed E-state index contributed by atoms with van der Waals surface area (Å²) in [5, 5.41) is 8.55. The van der Waals surface area contributed by atoms with E-state index in [2.05, 4.69) is 6.92 Å². The maximum absolute atomic E-state index is 11.5. The molecule has 0 amide bonds. The fourth-order valence-electron chi connectivity index (χ4n) is 4.79. The summed E-state index contributed by atoms with van der Waals surface area (Å²) in [6.45, 7) is 8.72. The molecule has 0 aromatic rings. The van der Waals surface area contributed by atoms with Crippen LogP contribution in [0.2, 0.25) is 0 Å². The lowest BCUT2D eigenvalue weighted by atomic mass is 10.0. The number of carboxylic acid groups (broad SMARTS) is 1. The molecule has 0 radical (unpaired) electrons. The molecular formula is C36H70O10. The van der Waals surface area contributed by atoms with Gasteiger partial charge in [-0.1, -0.05) is 103 Å². The smallest absolute Gasteiger partial charge is 0.305 e. The topological polar surface area (TPSA) is 119 Å². The lowest BCUT2D eigenvalue weighted by Crippen LogP contribution is -2.15. The van der Waals surface area contributed by atoms with Gasteiger partial charge in [-0.2, -0.15) is 0 Å². The molecule has 0 atom stereocenters. The predicted molar refractivity (Wildman–Crippen MR) is 182 cm³/mol. The van der Waals surface area contributed by atoms with Gasteiger partial charge in [-0.25, -0.2) is 0 Å². The summed E-state index contributed by atoms with van der Waals surface area (Å²) in [4.78, 5) is 21.9. The van der Waals surface area contributed by atoms with Crippen LogP contribution >= 0.6 is 0 Å². The number of hydrogen-bond donors (Lipinski definition) is 1. The van der Waals surface area contributed by atoms with Crippen molar-refractivity contribution in [3.8, 4) is 0 Å².